The maximum atomic E-state index is 10.1. The van der Waals surface area contributed by atoms with Crippen molar-refractivity contribution in [3.63, 3.8) is 0 Å². The Morgan fingerprint density at radius 1 is 1.00 bits per heavy atom. The molecule has 0 unspecified atom stereocenters. The smallest absolute Gasteiger partial charge is 0.170 e. The molecular weight excluding hydrogens is 132 g/mol. The van der Waals surface area contributed by atoms with E-state index in [-0.39, 0.29) is 11.4 Å². The quantitative estimate of drug-likeness (QED) is 0.541. The fourth-order valence-electron chi connectivity index (χ4n) is 0.541. The number of hydrogen-bond donors (Lipinski definition) is 0. The van der Waals surface area contributed by atoms with Crippen LogP contribution in [0.3, 0.4) is 0 Å². The molecule has 0 saturated heterocycles. The van der Waals surface area contributed by atoms with E-state index in [9.17, 15) is 9.59 Å². The standard InChI is InChI=1S/C6H4N2O2/c9-3-5-6(4-10)8-2-1-7-5/h1-4H. The lowest BCUT2D eigenvalue weighted by molar-refractivity contribution is 0.108. The summed E-state index contributed by atoms with van der Waals surface area (Å²) >= 11 is 0. The first-order valence-electron chi connectivity index (χ1n) is 2.60. The van der Waals surface area contributed by atoms with Crippen molar-refractivity contribution in [2.24, 2.45) is 0 Å². The van der Waals surface area contributed by atoms with Crippen LogP contribution >= 0.6 is 0 Å². The molecule has 0 saturated carbocycles. The Morgan fingerprint density at radius 2 is 1.40 bits per heavy atom. The summed E-state index contributed by atoms with van der Waals surface area (Å²) in [7, 11) is 0. The van der Waals surface area contributed by atoms with Crippen molar-refractivity contribution in [2.75, 3.05) is 0 Å². The van der Waals surface area contributed by atoms with Crippen molar-refractivity contribution in [1.29, 1.82) is 0 Å². The molecule has 0 amide bonds. The van der Waals surface area contributed by atoms with Crippen molar-refractivity contribution < 1.29 is 9.59 Å². The Bertz CT molecular complexity index is 233. The Labute approximate surface area is 56.9 Å². The van der Waals surface area contributed by atoms with Gasteiger partial charge in [0, 0.05) is 12.4 Å². The van der Waals surface area contributed by atoms with Crippen LogP contribution in [0, 0.1) is 0 Å². The van der Waals surface area contributed by atoms with Gasteiger partial charge in [-0.25, -0.2) is 9.97 Å². The van der Waals surface area contributed by atoms with Gasteiger partial charge in [0.1, 0.15) is 11.4 Å². The lowest BCUT2D eigenvalue weighted by atomic mass is 10.3. The normalized spacial score (nSPS) is 8.80. The molecule has 1 heterocycles. The molecule has 0 spiro atoms. The molecule has 1 aromatic rings. The molecule has 4 heteroatoms. The fourth-order valence-corrected chi connectivity index (χ4v) is 0.541. The summed E-state index contributed by atoms with van der Waals surface area (Å²) in [6, 6.07) is 0. The molecule has 0 aromatic carbocycles. The summed E-state index contributed by atoms with van der Waals surface area (Å²) in [4.78, 5) is 27.5. The monoisotopic (exact) mass is 136 g/mol. The number of carbonyl (C=O) groups is 2. The first-order valence-corrected chi connectivity index (χ1v) is 2.60. The average Bonchev–Trinajstić information content (AvgIpc) is 2.04. The maximum absolute atomic E-state index is 10.1. The molecule has 0 atom stereocenters. The number of aldehydes is 2. The van der Waals surface area contributed by atoms with Crippen molar-refractivity contribution in [2.45, 2.75) is 0 Å². The van der Waals surface area contributed by atoms with Crippen LogP contribution in [0.2, 0.25) is 0 Å². The van der Waals surface area contributed by atoms with Gasteiger partial charge in [0.2, 0.25) is 0 Å². The summed E-state index contributed by atoms with van der Waals surface area (Å²) in [5, 5.41) is 0. The van der Waals surface area contributed by atoms with Gasteiger partial charge in [-0.1, -0.05) is 0 Å². The Kier molecular flexibility index (Phi) is 1.84. The molecule has 0 bridgehead atoms. The summed E-state index contributed by atoms with van der Waals surface area (Å²) in [5.41, 5.74) is 0.162. The summed E-state index contributed by atoms with van der Waals surface area (Å²) < 4.78 is 0. The maximum Gasteiger partial charge on any atom is 0.170 e. The number of hydrogen-bond acceptors (Lipinski definition) is 4. The van der Waals surface area contributed by atoms with E-state index in [0.29, 0.717) is 12.6 Å². The van der Waals surface area contributed by atoms with Crippen LogP contribution in [0.25, 0.3) is 0 Å². The number of nitrogens with zero attached hydrogens (tertiary/aromatic N) is 2. The Hall–Kier alpha value is -1.58. The van der Waals surface area contributed by atoms with Gasteiger partial charge in [0.25, 0.3) is 0 Å². The average molecular weight is 136 g/mol. The number of aromatic nitrogens is 2. The van der Waals surface area contributed by atoms with E-state index in [4.69, 9.17) is 0 Å². The van der Waals surface area contributed by atoms with Crippen LogP contribution in [0.1, 0.15) is 21.0 Å². The predicted molar refractivity (Wildman–Crippen MR) is 32.8 cm³/mol. The molecule has 10 heavy (non-hydrogen) atoms. The van der Waals surface area contributed by atoms with Gasteiger partial charge in [-0.2, -0.15) is 0 Å². The molecule has 0 aliphatic heterocycles. The zero-order chi connectivity index (χ0) is 7.40. The molecule has 0 fully saturated rings. The highest BCUT2D eigenvalue weighted by Gasteiger charge is 1.99. The zero-order valence-electron chi connectivity index (χ0n) is 5.02. The van der Waals surface area contributed by atoms with Gasteiger partial charge in [0.05, 0.1) is 0 Å². The van der Waals surface area contributed by atoms with Crippen LogP contribution in [0.5, 0.6) is 0 Å². The molecule has 0 radical (unpaired) electrons. The SMILES string of the molecule is O=Cc1nccnc1C=O. The van der Waals surface area contributed by atoms with E-state index < -0.39 is 0 Å². The van der Waals surface area contributed by atoms with Gasteiger partial charge >= 0.3 is 0 Å². The van der Waals surface area contributed by atoms with Crippen molar-refractivity contribution in [3.05, 3.63) is 23.8 Å². The third-order valence-electron chi connectivity index (χ3n) is 0.980. The van der Waals surface area contributed by atoms with E-state index >= 15 is 0 Å². The van der Waals surface area contributed by atoms with E-state index in [0.717, 1.165) is 0 Å². The third-order valence-corrected chi connectivity index (χ3v) is 0.980. The lowest BCUT2D eigenvalue weighted by Crippen LogP contribution is -1.96. The second kappa shape index (κ2) is 2.82. The van der Waals surface area contributed by atoms with Crippen LogP contribution in [-0.2, 0) is 0 Å². The van der Waals surface area contributed by atoms with E-state index in [2.05, 4.69) is 9.97 Å². The predicted octanol–water partition coefficient (Wildman–Crippen LogP) is 0.102. The zero-order valence-corrected chi connectivity index (χ0v) is 5.02. The molecular formula is C6H4N2O2. The molecule has 0 aliphatic carbocycles. The Morgan fingerprint density at radius 3 is 1.70 bits per heavy atom. The highest BCUT2D eigenvalue weighted by molar-refractivity contribution is 5.86. The molecule has 0 N–H and O–H groups in total. The minimum Gasteiger partial charge on any atom is -0.296 e. The van der Waals surface area contributed by atoms with Gasteiger partial charge in [-0.05, 0) is 0 Å². The van der Waals surface area contributed by atoms with Gasteiger partial charge < -0.3 is 0 Å². The minimum atomic E-state index is 0.0810. The lowest BCUT2D eigenvalue weighted by Gasteiger charge is -1.89. The number of carbonyl (C=O) groups excluding carboxylic acids is 2. The molecule has 4 nitrogen and oxygen atoms in total. The topological polar surface area (TPSA) is 59.9 Å². The van der Waals surface area contributed by atoms with Crippen LogP contribution in [0.4, 0.5) is 0 Å². The highest BCUT2D eigenvalue weighted by Crippen LogP contribution is 1.92. The molecule has 0 aliphatic rings. The molecule has 50 valence electrons. The molecule has 1 rings (SSSR count). The fraction of sp³-hybridized carbons (Fsp3) is 0. The van der Waals surface area contributed by atoms with Crippen LogP contribution < -0.4 is 0 Å². The second-order valence-electron chi connectivity index (χ2n) is 1.56. The summed E-state index contributed by atoms with van der Waals surface area (Å²) in [6.45, 7) is 0. The van der Waals surface area contributed by atoms with Crippen LogP contribution in [0.15, 0.2) is 12.4 Å². The van der Waals surface area contributed by atoms with E-state index in [1.165, 1.54) is 12.4 Å². The second-order valence-corrected chi connectivity index (χ2v) is 1.56. The first kappa shape index (κ1) is 6.54. The summed E-state index contributed by atoms with van der Waals surface area (Å²) in [6.07, 6.45) is 3.71. The van der Waals surface area contributed by atoms with Gasteiger partial charge in [-0.15, -0.1) is 0 Å². The Balaban J connectivity index is 3.20. The summed E-state index contributed by atoms with van der Waals surface area (Å²) in [5.74, 6) is 0. The third kappa shape index (κ3) is 1.05. The minimum absolute atomic E-state index is 0.0810. The number of rotatable bonds is 2. The van der Waals surface area contributed by atoms with Crippen molar-refractivity contribution >= 4 is 12.6 Å². The van der Waals surface area contributed by atoms with Gasteiger partial charge in [0.15, 0.2) is 12.6 Å². The highest BCUT2D eigenvalue weighted by atomic mass is 16.1. The van der Waals surface area contributed by atoms with Crippen molar-refractivity contribution in [1.82, 2.24) is 9.97 Å². The van der Waals surface area contributed by atoms with Gasteiger partial charge in [-0.3, -0.25) is 9.59 Å². The van der Waals surface area contributed by atoms with E-state index in [1.54, 1.807) is 0 Å². The van der Waals surface area contributed by atoms with E-state index in [1.807, 2.05) is 0 Å². The molecule has 1 aromatic heterocycles. The van der Waals surface area contributed by atoms with Crippen LogP contribution in [-0.4, -0.2) is 22.5 Å². The largest absolute Gasteiger partial charge is 0.296 e. The first-order chi connectivity index (χ1) is 4.88. The van der Waals surface area contributed by atoms with Crippen molar-refractivity contribution in [3.8, 4) is 0 Å².